The third kappa shape index (κ3) is 5.24. The number of nitrogens with one attached hydrogen (secondary N) is 1. The minimum atomic E-state index is -0.242. The summed E-state index contributed by atoms with van der Waals surface area (Å²) in [6, 6.07) is 14.8. The highest BCUT2D eigenvalue weighted by Crippen LogP contribution is 2.33. The lowest BCUT2D eigenvalue weighted by Gasteiger charge is -2.19. The highest BCUT2D eigenvalue weighted by Gasteiger charge is 2.33. The van der Waals surface area contributed by atoms with Crippen molar-refractivity contribution in [3.05, 3.63) is 70.9 Å². The first-order valence-corrected chi connectivity index (χ1v) is 9.64. The normalized spacial score (nSPS) is 13.1. The zero-order chi connectivity index (χ0) is 21.8. The molecule has 0 saturated heterocycles. The van der Waals surface area contributed by atoms with E-state index < -0.39 is 0 Å². The van der Waals surface area contributed by atoms with Crippen LogP contribution in [0.25, 0.3) is 5.57 Å². The van der Waals surface area contributed by atoms with Crippen LogP contribution in [0.1, 0.15) is 23.1 Å². The number of likely N-dealkylation sites (N-methyl/N-ethyl adjacent to an activating group) is 1. The number of rotatable bonds is 7. The van der Waals surface area contributed by atoms with Crippen LogP contribution >= 0.6 is 12.4 Å². The molecule has 1 aliphatic heterocycles. The van der Waals surface area contributed by atoms with Gasteiger partial charge in [0.05, 0.1) is 19.2 Å². The number of amides is 1. The van der Waals surface area contributed by atoms with Crippen LogP contribution in [0.5, 0.6) is 0 Å². The molecule has 0 unspecified atom stereocenters. The van der Waals surface area contributed by atoms with Gasteiger partial charge in [0.1, 0.15) is 5.84 Å². The molecule has 0 atom stereocenters. The number of ether oxygens (including phenoxy) is 1. The van der Waals surface area contributed by atoms with Crippen molar-refractivity contribution in [2.24, 2.45) is 5.73 Å². The van der Waals surface area contributed by atoms with E-state index in [4.69, 9.17) is 11.1 Å². The maximum absolute atomic E-state index is 13.3. The Labute approximate surface area is 188 Å². The summed E-state index contributed by atoms with van der Waals surface area (Å²) in [4.78, 5) is 28.3. The predicted molar refractivity (Wildman–Crippen MR) is 124 cm³/mol. The van der Waals surface area contributed by atoms with Crippen molar-refractivity contribution in [2.45, 2.75) is 12.8 Å². The zero-order valence-electron chi connectivity index (χ0n) is 17.8. The lowest BCUT2D eigenvalue weighted by molar-refractivity contribution is -0.140. The lowest BCUT2D eigenvalue weighted by atomic mass is 10.0. The maximum Gasteiger partial charge on any atom is 0.305 e. The molecule has 1 amide bonds. The van der Waals surface area contributed by atoms with Crippen LogP contribution < -0.4 is 10.6 Å². The van der Waals surface area contributed by atoms with E-state index in [0.29, 0.717) is 30.5 Å². The minimum Gasteiger partial charge on any atom is -0.469 e. The van der Waals surface area contributed by atoms with Crippen molar-refractivity contribution in [2.75, 3.05) is 32.6 Å². The van der Waals surface area contributed by atoms with E-state index >= 15 is 0 Å². The second kappa shape index (κ2) is 10.1. The molecule has 164 valence electrons. The van der Waals surface area contributed by atoms with Gasteiger partial charge in [-0.3, -0.25) is 15.0 Å². The molecule has 0 bridgehead atoms. The van der Waals surface area contributed by atoms with Crippen molar-refractivity contribution < 1.29 is 14.3 Å². The molecule has 1 heterocycles. The highest BCUT2D eigenvalue weighted by atomic mass is 35.5. The lowest BCUT2D eigenvalue weighted by Crippen LogP contribution is -2.27. The summed E-state index contributed by atoms with van der Waals surface area (Å²) in [5, 5.41) is 7.53. The molecule has 0 radical (unpaired) electrons. The van der Waals surface area contributed by atoms with Crippen LogP contribution in [-0.4, -0.2) is 50.4 Å². The number of benzene rings is 2. The Kier molecular flexibility index (Phi) is 7.83. The van der Waals surface area contributed by atoms with Gasteiger partial charge in [0.25, 0.3) is 5.91 Å². The number of nitrogen functional groups attached to an aromatic ring is 1. The SMILES string of the molecule is COC(=O)CCc1ccc(C2=C(N(C)C)CN(c3ccc(C(=N)N)cc3)C2=O)cc1.Cl. The molecule has 1 aliphatic rings. The average molecular weight is 443 g/mol. The summed E-state index contributed by atoms with van der Waals surface area (Å²) in [5.41, 5.74) is 10.3. The summed E-state index contributed by atoms with van der Waals surface area (Å²) in [7, 11) is 5.23. The van der Waals surface area contributed by atoms with Crippen LogP contribution in [0, 0.1) is 5.41 Å². The van der Waals surface area contributed by atoms with Crippen LogP contribution in [0.2, 0.25) is 0 Å². The van der Waals surface area contributed by atoms with Crippen LogP contribution in [-0.2, 0) is 20.7 Å². The Morgan fingerprint density at radius 3 is 2.26 bits per heavy atom. The van der Waals surface area contributed by atoms with Crippen LogP contribution in [0.15, 0.2) is 54.2 Å². The number of carbonyl (C=O) groups excluding carboxylic acids is 2. The summed E-state index contributed by atoms with van der Waals surface area (Å²) in [6.07, 6.45) is 0.916. The molecule has 2 aromatic carbocycles. The number of aryl methyl sites for hydroxylation is 1. The maximum atomic E-state index is 13.3. The Bertz CT molecular complexity index is 998. The fraction of sp³-hybridized carbons (Fsp3) is 0.261. The van der Waals surface area contributed by atoms with Crippen LogP contribution in [0.4, 0.5) is 5.69 Å². The number of nitrogens with zero attached hydrogens (tertiary/aromatic N) is 2. The number of amidine groups is 1. The van der Waals surface area contributed by atoms with Gasteiger partial charge in [-0.1, -0.05) is 24.3 Å². The number of nitrogens with two attached hydrogens (primary N) is 1. The topological polar surface area (TPSA) is 99.7 Å². The van der Waals surface area contributed by atoms with Gasteiger partial charge in [-0.05, 0) is 41.8 Å². The molecule has 31 heavy (non-hydrogen) atoms. The van der Waals surface area contributed by atoms with E-state index in [1.54, 1.807) is 29.2 Å². The fourth-order valence-electron chi connectivity index (χ4n) is 3.43. The predicted octanol–water partition coefficient (Wildman–Crippen LogP) is 2.82. The Balaban J connectivity index is 0.00000341. The number of methoxy groups -OCH3 is 1. The molecule has 2 aromatic rings. The van der Waals surface area contributed by atoms with Crippen molar-refractivity contribution in [1.82, 2.24) is 4.90 Å². The van der Waals surface area contributed by atoms with E-state index in [2.05, 4.69) is 4.74 Å². The Hall–Kier alpha value is -3.32. The fourth-order valence-corrected chi connectivity index (χ4v) is 3.43. The third-order valence-corrected chi connectivity index (χ3v) is 5.17. The summed E-state index contributed by atoms with van der Waals surface area (Å²) >= 11 is 0. The van der Waals surface area contributed by atoms with Crippen molar-refractivity contribution >= 4 is 41.4 Å². The van der Waals surface area contributed by atoms with E-state index in [0.717, 1.165) is 22.5 Å². The zero-order valence-corrected chi connectivity index (χ0v) is 18.7. The number of hydrogen-bond acceptors (Lipinski definition) is 5. The van der Waals surface area contributed by atoms with Gasteiger partial charge in [-0.25, -0.2) is 0 Å². The molecular weight excluding hydrogens is 416 g/mol. The molecule has 0 saturated carbocycles. The van der Waals surface area contributed by atoms with Crippen LogP contribution in [0.3, 0.4) is 0 Å². The van der Waals surface area contributed by atoms with Crippen molar-refractivity contribution in [3.8, 4) is 0 Å². The number of halogens is 1. The largest absolute Gasteiger partial charge is 0.469 e. The van der Waals surface area contributed by atoms with Gasteiger partial charge in [-0.2, -0.15) is 0 Å². The number of carbonyl (C=O) groups is 2. The van der Waals surface area contributed by atoms with Gasteiger partial charge in [-0.15, -0.1) is 12.4 Å². The molecule has 0 fully saturated rings. The van der Waals surface area contributed by atoms with Gasteiger partial charge in [0, 0.05) is 37.5 Å². The van der Waals surface area contributed by atoms with E-state index in [-0.39, 0.29) is 30.1 Å². The van der Waals surface area contributed by atoms with Crippen molar-refractivity contribution in [3.63, 3.8) is 0 Å². The average Bonchev–Trinajstić information content (AvgIpc) is 3.09. The number of hydrogen-bond donors (Lipinski definition) is 2. The molecule has 0 aliphatic carbocycles. The van der Waals surface area contributed by atoms with E-state index in [1.165, 1.54) is 7.11 Å². The molecule has 3 rings (SSSR count). The Morgan fingerprint density at radius 2 is 1.74 bits per heavy atom. The summed E-state index contributed by atoms with van der Waals surface area (Å²) in [5.74, 6) is -0.319. The molecule has 0 aromatic heterocycles. The standard InChI is InChI=1S/C23H26N4O3.ClH/c1-26(2)19-14-27(18-11-9-17(10-12-18)22(24)25)23(29)21(19)16-7-4-15(5-8-16)6-13-20(28)30-3;/h4-5,7-12H,6,13-14H2,1-3H3,(H3,24,25);1H. The highest BCUT2D eigenvalue weighted by molar-refractivity contribution is 6.29. The third-order valence-electron chi connectivity index (χ3n) is 5.17. The molecule has 7 nitrogen and oxygen atoms in total. The molecule has 3 N–H and O–H groups in total. The first-order chi connectivity index (χ1) is 14.3. The number of esters is 1. The van der Waals surface area contributed by atoms with E-state index in [9.17, 15) is 9.59 Å². The summed E-state index contributed by atoms with van der Waals surface area (Å²) < 4.78 is 4.68. The second-order valence-electron chi connectivity index (χ2n) is 7.34. The first kappa shape index (κ1) is 24.0. The molecule has 8 heteroatoms. The smallest absolute Gasteiger partial charge is 0.305 e. The first-order valence-electron chi connectivity index (χ1n) is 9.64. The van der Waals surface area contributed by atoms with E-state index in [1.807, 2.05) is 43.3 Å². The van der Waals surface area contributed by atoms with Gasteiger partial charge in [0.2, 0.25) is 0 Å². The number of anilines is 1. The van der Waals surface area contributed by atoms with Crippen molar-refractivity contribution in [1.29, 1.82) is 5.41 Å². The second-order valence-corrected chi connectivity index (χ2v) is 7.34. The quantitative estimate of drug-likeness (QED) is 0.390. The minimum absolute atomic E-state index is 0. The summed E-state index contributed by atoms with van der Waals surface area (Å²) in [6.45, 7) is 0.463. The van der Waals surface area contributed by atoms with Gasteiger partial charge < -0.3 is 20.3 Å². The molecular formula is C23H27ClN4O3. The van der Waals surface area contributed by atoms with Gasteiger partial charge >= 0.3 is 5.97 Å². The monoisotopic (exact) mass is 442 g/mol. The Morgan fingerprint density at radius 1 is 1.13 bits per heavy atom. The molecule has 0 spiro atoms. The van der Waals surface area contributed by atoms with Gasteiger partial charge in [0.15, 0.2) is 0 Å².